The molecule has 0 aliphatic carbocycles. The molecular formula is C13H24N4O. The van der Waals surface area contributed by atoms with Gasteiger partial charge in [-0.05, 0) is 25.7 Å². The van der Waals surface area contributed by atoms with Crippen LogP contribution in [0.25, 0.3) is 0 Å². The van der Waals surface area contributed by atoms with Crippen molar-refractivity contribution in [3.05, 3.63) is 11.9 Å². The first-order valence-electron chi connectivity index (χ1n) is 6.75. The highest BCUT2D eigenvalue weighted by molar-refractivity contribution is 5.57. The van der Waals surface area contributed by atoms with Crippen molar-refractivity contribution in [2.75, 3.05) is 30.3 Å². The molecule has 0 atom stereocenters. The van der Waals surface area contributed by atoms with E-state index in [1.54, 1.807) is 6.33 Å². The smallest absolute Gasteiger partial charge is 0.134 e. The summed E-state index contributed by atoms with van der Waals surface area (Å²) in [6.45, 7) is 6.24. The Hall–Kier alpha value is -1.36. The summed E-state index contributed by atoms with van der Waals surface area (Å²) in [7, 11) is 0. The van der Waals surface area contributed by atoms with Crippen molar-refractivity contribution in [3.63, 3.8) is 0 Å². The lowest BCUT2D eigenvalue weighted by Gasteiger charge is -2.13. The number of unbranched alkanes of at least 4 members (excludes halogenated alkanes) is 1. The van der Waals surface area contributed by atoms with Crippen LogP contribution >= 0.6 is 0 Å². The van der Waals surface area contributed by atoms with Gasteiger partial charge in [0.2, 0.25) is 0 Å². The molecule has 0 radical (unpaired) electrons. The zero-order valence-corrected chi connectivity index (χ0v) is 11.4. The van der Waals surface area contributed by atoms with Gasteiger partial charge in [0.05, 0.1) is 0 Å². The highest BCUT2D eigenvalue weighted by Crippen LogP contribution is 2.20. The van der Waals surface area contributed by atoms with Gasteiger partial charge >= 0.3 is 0 Å². The number of rotatable bonds is 9. The molecule has 5 nitrogen and oxygen atoms in total. The predicted molar refractivity (Wildman–Crippen MR) is 75.0 cm³/mol. The molecule has 1 rings (SSSR count). The lowest BCUT2D eigenvalue weighted by atomic mass is 10.2. The third-order valence-electron chi connectivity index (χ3n) is 2.72. The van der Waals surface area contributed by atoms with Crippen molar-refractivity contribution in [2.24, 2.45) is 0 Å². The van der Waals surface area contributed by atoms with E-state index >= 15 is 0 Å². The molecule has 0 aromatic carbocycles. The second kappa shape index (κ2) is 8.69. The van der Waals surface area contributed by atoms with Crippen LogP contribution in [0.1, 0.15) is 38.7 Å². The summed E-state index contributed by atoms with van der Waals surface area (Å²) in [4.78, 5) is 8.58. The van der Waals surface area contributed by atoms with E-state index in [1.165, 1.54) is 0 Å². The minimum absolute atomic E-state index is 0.245. The predicted octanol–water partition coefficient (Wildman–Crippen LogP) is 2.05. The van der Waals surface area contributed by atoms with E-state index in [0.717, 1.165) is 56.0 Å². The van der Waals surface area contributed by atoms with Gasteiger partial charge in [-0.1, -0.05) is 13.8 Å². The molecule has 18 heavy (non-hydrogen) atoms. The van der Waals surface area contributed by atoms with Crippen molar-refractivity contribution in [1.82, 2.24) is 9.97 Å². The Morgan fingerprint density at radius 1 is 1.06 bits per heavy atom. The normalized spacial score (nSPS) is 10.4. The lowest BCUT2D eigenvalue weighted by Crippen LogP contribution is -2.11. The Labute approximate surface area is 109 Å². The molecule has 5 heteroatoms. The number of hydrogen-bond acceptors (Lipinski definition) is 5. The van der Waals surface area contributed by atoms with E-state index in [4.69, 9.17) is 5.11 Å². The molecule has 1 aromatic heterocycles. The van der Waals surface area contributed by atoms with Crippen LogP contribution in [0.15, 0.2) is 6.33 Å². The van der Waals surface area contributed by atoms with Gasteiger partial charge in [-0.3, -0.25) is 0 Å². The maximum atomic E-state index is 8.74. The molecule has 0 saturated heterocycles. The molecule has 0 amide bonds. The average molecular weight is 252 g/mol. The highest BCUT2D eigenvalue weighted by Gasteiger charge is 2.08. The summed E-state index contributed by atoms with van der Waals surface area (Å²) >= 11 is 0. The van der Waals surface area contributed by atoms with Crippen LogP contribution in [-0.2, 0) is 6.42 Å². The summed E-state index contributed by atoms with van der Waals surface area (Å²) in [5, 5.41) is 15.4. The van der Waals surface area contributed by atoms with Crippen molar-refractivity contribution < 1.29 is 5.11 Å². The zero-order valence-electron chi connectivity index (χ0n) is 11.4. The Morgan fingerprint density at radius 2 is 1.72 bits per heavy atom. The molecule has 0 unspecified atom stereocenters. The highest BCUT2D eigenvalue weighted by atomic mass is 16.2. The van der Waals surface area contributed by atoms with Crippen LogP contribution < -0.4 is 10.6 Å². The minimum Gasteiger partial charge on any atom is -0.396 e. The second-order valence-electron chi connectivity index (χ2n) is 4.19. The molecule has 3 N–H and O–H groups in total. The summed E-state index contributed by atoms with van der Waals surface area (Å²) in [5.41, 5.74) is 1.13. The Morgan fingerprint density at radius 3 is 2.28 bits per heavy atom. The molecule has 0 aliphatic heterocycles. The Balaban J connectivity index is 2.65. The van der Waals surface area contributed by atoms with Crippen LogP contribution in [0.5, 0.6) is 0 Å². The molecular weight excluding hydrogens is 228 g/mol. The van der Waals surface area contributed by atoms with Gasteiger partial charge in [0.15, 0.2) is 0 Å². The van der Waals surface area contributed by atoms with Gasteiger partial charge in [0.25, 0.3) is 0 Å². The van der Waals surface area contributed by atoms with Crippen molar-refractivity contribution >= 4 is 11.6 Å². The van der Waals surface area contributed by atoms with Gasteiger partial charge in [-0.25, -0.2) is 9.97 Å². The van der Waals surface area contributed by atoms with Crippen molar-refractivity contribution in [1.29, 1.82) is 0 Å². The average Bonchev–Trinajstić information content (AvgIpc) is 2.41. The maximum Gasteiger partial charge on any atom is 0.134 e. The first kappa shape index (κ1) is 14.7. The first-order chi connectivity index (χ1) is 8.83. The zero-order chi connectivity index (χ0) is 13.2. The standard InChI is InChI=1S/C13H24N4O/c1-3-7-14-12-11(4-2)13(17-10-16-12)15-8-5-6-9-18/h10,18H,3-9H2,1-2H3,(H2,14,15,16,17). The molecule has 1 aromatic rings. The number of aliphatic hydroxyl groups excluding tert-OH is 1. The maximum absolute atomic E-state index is 8.74. The number of nitrogens with one attached hydrogen (secondary N) is 2. The fraction of sp³-hybridized carbons (Fsp3) is 0.692. The summed E-state index contributed by atoms with van der Waals surface area (Å²) in [6, 6.07) is 0. The van der Waals surface area contributed by atoms with E-state index in [0.29, 0.717) is 0 Å². The molecule has 0 saturated carbocycles. The molecule has 102 valence electrons. The first-order valence-corrected chi connectivity index (χ1v) is 6.75. The van der Waals surface area contributed by atoms with E-state index in [2.05, 4.69) is 34.4 Å². The quantitative estimate of drug-likeness (QED) is 0.587. The van der Waals surface area contributed by atoms with Crippen LogP contribution in [0, 0.1) is 0 Å². The number of anilines is 2. The number of aromatic nitrogens is 2. The monoisotopic (exact) mass is 252 g/mol. The number of hydrogen-bond donors (Lipinski definition) is 3. The largest absolute Gasteiger partial charge is 0.396 e. The minimum atomic E-state index is 0.245. The topological polar surface area (TPSA) is 70.1 Å². The van der Waals surface area contributed by atoms with Crippen molar-refractivity contribution in [3.8, 4) is 0 Å². The van der Waals surface area contributed by atoms with Gasteiger partial charge in [0, 0.05) is 25.3 Å². The Kier molecular flexibility index (Phi) is 7.10. The van der Waals surface area contributed by atoms with E-state index < -0.39 is 0 Å². The fourth-order valence-corrected chi connectivity index (χ4v) is 1.74. The third kappa shape index (κ3) is 4.49. The fourth-order valence-electron chi connectivity index (χ4n) is 1.74. The van der Waals surface area contributed by atoms with Gasteiger partial charge in [-0.15, -0.1) is 0 Å². The summed E-state index contributed by atoms with van der Waals surface area (Å²) in [5.74, 6) is 1.84. The summed E-state index contributed by atoms with van der Waals surface area (Å²) < 4.78 is 0. The molecule has 0 bridgehead atoms. The van der Waals surface area contributed by atoms with Crippen LogP contribution in [0.2, 0.25) is 0 Å². The second-order valence-corrected chi connectivity index (χ2v) is 4.19. The molecule has 0 spiro atoms. The van der Waals surface area contributed by atoms with Crippen molar-refractivity contribution in [2.45, 2.75) is 39.5 Å². The molecule has 0 fully saturated rings. The van der Waals surface area contributed by atoms with Gasteiger partial charge in [0.1, 0.15) is 18.0 Å². The van der Waals surface area contributed by atoms with Crippen LogP contribution in [0.4, 0.5) is 11.6 Å². The van der Waals surface area contributed by atoms with Gasteiger partial charge < -0.3 is 15.7 Å². The SMILES string of the molecule is CCCNc1ncnc(NCCCCO)c1CC. The van der Waals surface area contributed by atoms with Crippen LogP contribution in [-0.4, -0.2) is 34.8 Å². The molecule has 1 heterocycles. The number of aliphatic hydroxyl groups is 1. The van der Waals surface area contributed by atoms with E-state index in [-0.39, 0.29) is 6.61 Å². The van der Waals surface area contributed by atoms with Crippen LogP contribution in [0.3, 0.4) is 0 Å². The van der Waals surface area contributed by atoms with E-state index in [9.17, 15) is 0 Å². The Bertz CT molecular complexity index is 344. The van der Waals surface area contributed by atoms with E-state index in [1.807, 2.05) is 0 Å². The summed E-state index contributed by atoms with van der Waals surface area (Å²) in [6.07, 6.45) is 5.33. The van der Waals surface area contributed by atoms with Gasteiger partial charge in [-0.2, -0.15) is 0 Å². The number of nitrogens with zero attached hydrogens (tertiary/aromatic N) is 2. The lowest BCUT2D eigenvalue weighted by molar-refractivity contribution is 0.286. The molecule has 0 aliphatic rings. The third-order valence-corrected chi connectivity index (χ3v) is 2.72.